The molecule has 0 atom stereocenters. The van der Waals surface area contributed by atoms with E-state index >= 15 is 0 Å². The van der Waals surface area contributed by atoms with E-state index in [0.717, 1.165) is 4.68 Å². The molecule has 0 unspecified atom stereocenters. The minimum Gasteiger partial charge on any atom is -0.497 e. The Kier molecular flexibility index (Phi) is 7.26. The number of nitrogens with zero attached hydrogens (tertiary/aromatic N) is 2. The predicted octanol–water partition coefficient (Wildman–Crippen LogP) is 3.94. The van der Waals surface area contributed by atoms with Crippen molar-refractivity contribution in [2.45, 2.75) is 23.8 Å². The topological polar surface area (TPSA) is 90.3 Å². The highest BCUT2D eigenvalue weighted by Crippen LogP contribution is 2.37. The lowest BCUT2D eigenvalue weighted by molar-refractivity contribution is -0.143. The molecule has 0 spiro atoms. The molecule has 0 amide bonds. The van der Waals surface area contributed by atoms with Gasteiger partial charge in [-0.2, -0.15) is 31.4 Å². The van der Waals surface area contributed by atoms with Crippen LogP contribution in [0.5, 0.6) is 5.75 Å². The SMILES string of the molecule is COc1ccc(-c2ccc(=O)n(CCNS(=O)(=O)c3cc(C(F)(F)F)cc(C(F)(F)F)c3)n2)cc1. The van der Waals surface area contributed by atoms with Gasteiger partial charge in [0.05, 0.1) is 35.4 Å². The second-order valence-corrected chi connectivity index (χ2v) is 8.91. The van der Waals surface area contributed by atoms with Crippen molar-refractivity contribution in [2.24, 2.45) is 0 Å². The quantitative estimate of drug-likeness (QED) is 0.476. The smallest absolute Gasteiger partial charge is 0.416 e. The summed E-state index contributed by atoms with van der Waals surface area (Å²) in [7, 11) is -3.30. The highest BCUT2D eigenvalue weighted by Gasteiger charge is 2.38. The summed E-state index contributed by atoms with van der Waals surface area (Å²) in [6, 6.07) is 9.31. The third-order valence-corrected chi connectivity index (χ3v) is 6.18. The van der Waals surface area contributed by atoms with Crippen molar-refractivity contribution in [3.63, 3.8) is 0 Å². The van der Waals surface area contributed by atoms with Crippen LogP contribution < -0.4 is 15.0 Å². The van der Waals surface area contributed by atoms with E-state index in [-0.39, 0.29) is 24.7 Å². The van der Waals surface area contributed by atoms with Gasteiger partial charge in [-0.05, 0) is 48.5 Å². The Hall–Kier alpha value is -3.39. The summed E-state index contributed by atoms with van der Waals surface area (Å²) in [5.41, 5.74) is -3.15. The number of methoxy groups -OCH3 is 1. The Balaban J connectivity index is 1.82. The van der Waals surface area contributed by atoms with Crippen molar-refractivity contribution in [3.05, 3.63) is 76.1 Å². The first-order chi connectivity index (χ1) is 16.2. The van der Waals surface area contributed by atoms with E-state index in [1.807, 2.05) is 4.72 Å². The van der Waals surface area contributed by atoms with Gasteiger partial charge in [-0.1, -0.05) is 0 Å². The molecule has 0 aliphatic carbocycles. The minimum atomic E-state index is -5.20. The van der Waals surface area contributed by atoms with Gasteiger partial charge >= 0.3 is 12.4 Å². The van der Waals surface area contributed by atoms with Crippen molar-refractivity contribution in [2.75, 3.05) is 13.7 Å². The van der Waals surface area contributed by atoms with Gasteiger partial charge in [0, 0.05) is 18.2 Å². The Morgan fingerprint density at radius 1 is 0.914 bits per heavy atom. The number of hydrogen-bond donors (Lipinski definition) is 1. The maximum atomic E-state index is 13.0. The zero-order valence-corrected chi connectivity index (χ0v) is 18.6. The van der Waals surface area contributed by atoms with E-state index in [4.69, 9.17) is 4.74 Å². The van der Waals surface area contributed by atoms with E-state index < -0.39 is 50.5 Å². The fourth-order valence-corrected chi connectivity index (χ4v) is 4.07. The lowest BCUT2D eigenvalue weighted by Gasteiger charge is -2.15. The molecule has 1 N–H and O–H groups in total. The molecule has 1 heterocycles. The molecule has 0 fully saturated rings. The molecule has 3 rings (SSSR count). The van der Waals surface area contributed by atoms with Crippen LogP contribution >= 0.6 is 0 Å². The van der Waals surface area contributed by atoms with Crippen LogP contribution in [0.2, 0.25) is 0 Å². The molecular formula is C21H17F6N3O4S. The number of halogens is 6. The first-order valence-electron chi connectivity index (χ1n) is 9.72. The molecule has 0 saturated heterocycles. The molecule has 0 saturated carbocycles. The summed E-state index contributed by atoms with van der Waals surface area (Å²) in [6.07, 6.45) is -10.4. The highest BCUT2D eigenvalue weighted by atomic mass is 32.2. The fourth-order valence-electron chi connectivity index (χ4n) is 2.98. The van der Waals surface area contributed by atoms with Crippen molar-refractivity contribution < 1.29 is 39.5 Å². The summed E-state index contributed by atoms with van der Waals surface area (Å²) >= 11 is 0. The van der Waals surface area contributed by atoms with Crippen LogP contribution in [0.1, 0.15) is 11.1 Å². The van der Waals surface area contributed by atoms with E-state index in [1.54, 1.807) is 24.3 Å². The van der Waals surface area contributed by atoms with Crippen LogP contribution in [-0.4, -0.2) is 31.9 Å². The van der Waals surface area contributed by atoms with Crippen molar-refractivity contribution in [3.8, 4) is 17.0 Å². The van der Waals surface area contributed by atoms with Crippen molar-refractivity contribution >= 4 is 10.0 Å². The van der Waals surface area contributed by atoms with Crippen LogP contribution in [0.3, 0.4) is 0 Å². The Morgan fingerprint density at radius 2 is 1.49 bits per heavy atom. The summed E-state index contributed by atoms with van der Waals surface area (Å²) in [6.45, 7) is -0.869. The first-order valence-corrected chi connectivity index (χ1v) is 11.2. The molecule has 0 bridgehead atoms. The van der Waals surface area contributed by atoms with E-state index in [9.17, 15) is 39.6 Å². The molecule has 188 valence electrons. The maximum Gasteiger partial charge on any atom is 0.416 e. The van der Waals surface area contributed by atoms with E-state index in [2.05, 4.69) is 5.10 Å². The number of rotatable bonds is 7. The molecule has 0 aliphatic rings. The second kappa shape index (κ2) is 9.70. The molecule has 0 aliphatic heterocycles. The average molecular weight is 521 g/mol. The van der Waals surface area contributed by atoms with Crippen LogP contribution in [-0.2, 0) is 28.9 Å². The summed E-state index contributed by atoms with van der Waals surface area (Å²) < 4.78 is 111. The standard InChI is InChI=1S/C21H17F6N3O4S/c1-34-16-4-2-13(3-5-16)18-6-7-19(31)30(29-18)9-8-28-35(32,33)17-11-14(20(22,23)24)10-15(12-17)21(25,26)27/h2-7,10-12,28H,8-9H2,1H3. The summed E-state index contributed by atoms with van der Waals surface area (Å²) in [5, 5.41) is 4.11. The average Bonchev–Trinajstić information content (AvgIpc) is 2.79. The Labute approximate surface area is 195 Å². The highest BCUT2D eigenvalue weighted by molar-refractivity contribution is 7.89. The predicted molar refractivity (Wildman–Crippen MR) is 112 cm³/mol. The molecular weight excluding hydrogens is 504 g/mol. The monoisotopic (exact) mass is 521 g/mol. The normalized spacial score (nSPS) is 12.5. The van der Waals surface area contributed by atoms with E-state index in [1.165, 1.54) is 19.2 Å². The number of aromatic nitrogens is 2. The fraction of sp³-hybridized carbons (Fsp3) is 0.238. The van der Waals surface area contributed by atoms with Gasteiger partial charge in [0.2, 0.25) is 10.0 Å². The molecule has 1 aromatic heterocycles. The minimum absolute atomic E-state index is 0.103. The Morgan fingerprint density at radius 3 is 2.00 bits per heavy atom. The first kappa shape index (κ1) is 26.2. The van der Waals surface area contributed by atoms with Crippen molar-refractivity contribution in [1.82, 2.24) is 14.5 Å². The van der Waals surface area contributed by atoms with Crippen LogP contribution in [0.25, 0.3) is 11.3 Å². The van der Waals surface area contributed by atoms with Gasteiger partial charge < -0.3 is 4.74 Å². The summed E-state index contributed by atoms with van der Waals surface area (Å²) in [4.78, 5) is 10.9. The lowest BCUT2D eigenvalue weighted by Crippen LogP contribution is -2.32. The number of nitrogens with one attached hydrogen (secondary N) is 1. The number of benzene rings is 2. The number of sulfonamides is 1. The lowest BCUT2D eigenvalue weighted by atomic mass is 10.1. The number of ether oxygens (including phenoxy) is 1. The maximum absolute atomic E-state index is 13.0. The molecule has 35 heavy (non-hydrogen) atoms. The van der Waals surface area contributed by atoms with E-state index in [0.29, 0.717) is 17.0 Å². The molecule has 14 heteroatoms. The summed E-state index contributed by atoms with van der Waals surface area (Å²) in [5.74, 6) is 0.583. The number of alkyl halides is 6. The Bertz CT molecular complexity index is 1340. The number of hydrogen-bond acceptors (Lipinski definition) is 5. The zero-order valence-electron chi connectivity index (χ0n) is 17.8. The molecule has 3 aromatic rings. The van der Waals surface area contributed by atoms with Crippen LogP contribution in [0.4, 0.5) is 26.3 Å². The molecule has 0 radical (unpaired) electrons. The van der Waals surface area contributed by atoms with Gasteiger partial charge in [-0.15, -0.1) is 0 Å². The molecule has 2 aromatic carbocycles. The van der Waals surface area contributed by atoms with Gasteiger partial charge in [0.15, 0.2) is 0 Å². The third-order valence-electron chi connectivity index (χ3n) is 4.74. The molecule has 7 nitrogen and oxygen atoms in total. The largest absolute Gasteiger partial charge is 0.497 e. The van der Waals surface area contributed by atoms with Gasteiger partial charge in [0.25, 0.3) is 5.56 Å². The third kappa shape index (κ3) is 6.39. The van der Waals surface area contributed by atoms with Crippen molar-refractivity contribution in [1.29, 1.82) is 0 Å². The van der Waals surface area contributed by atoms with Crippen LogP contribution in [0.15, 0.2) is 64.3 Å². The van der Waals surface area contributed by atoms with Gasteiger partial charge in [0.1, 0.15) is 5.75 Å². The van der Waals surface area contributed by atoms with Gasteiger partial charge in [-0.3, -0.25) is 4.79 Å². The zero-order chi connectivity index (χ0) is 26.0. The second-order valence-electron chi connectivity index (χ2n) is 7.15. The van der Waals surface area contributed by atoms with Gasteiger partial charge in [-0.25, -0.2) is 17.8 Å². The van der Waals surface area contributed by atoms with Crippen LogP contribution in [0, 0.1) is 0 Å².